The fourth-order valence-corrected chi connectivity index (χ4v) is 3.31. The van der Waals surface area contributed by atoms with E-state index in [2.05, 4.69) is 6.92 Å². The summed E-state index contributed by atoms with van der Waals surface area (Å²) in [6.45, 7) is 6.46. The summed E-state index contributed by atoms with van der Waals surface area (Å²) in [7, 11) is 0. The quantitative estimate of drug-likeness (QED) is 0.455. The lowest BCUT2D eigenvalue weighted by Crippen LogP contribution is -2.06. The molecular formula is C22H23NO4. The Balaban J connectivity index is 2.42. The highest BCUT2D eigenvalue weighted by Crippen LogP contribution is 2.39. The molecule has 0 spiro atoms. The van der Waals surface area contributed by atoms with Crippen LogP contribution in [-0.4, -0.2) is 29.9 Å². The molecule has 2 heterocycles. The number of aromatic nitrogens is 1. The minimum atomic E-state index is -0.450. The van der Waals surface area contributed by atoms with Crippen LogP contribution in [0.5, 0.6) is 5.75 Å². The number of nitrogens with zero attached hydrogens (tertiary/aromatic N) is 1. The molecule has 0 N–H and O–H groups in total. The third kappa shape index (κ3) is 3.33. The van der Waals surface area contributed by atoms with Crippen molar-refractivity contribution in [1.82, 2.24) is 4.40 Å². The number of carbonyl (C=O) groups is 2. The summed E-state index contributed by atoms with van der Waals surface area (Å²) >= 11 is 0. The maximum Gasteiger partial charge on any atom is 0.340 e. The lowest BCUT2D eigenvalue weighted by molar-refractivity contribution is 0.0529. The van der Waals surface area contributed by atoms with E-state index in [4.69, 9.17) is 9.47 Å². The van der Waals surface area contributed by atoms with E-state index in [-0.39, 0.29) is 6.61 Å². The van der Waals surface area contributed by atoms with Crippen LogP contribution in [0.25, 0.3) is 16.6 Å². The SMILES string of the molecule is CCOC(=O)c1c(-c2cc(CC)ccc2OCC)c(C=O)n2ccccc12. The number of fused-ring (bicyclic) bond motifs is 1. The van der Waals surface area contributed by atoms with Gasteiger partial charge in [0.1, 0.15) is 5.75 Å². The van der Waals surface area contributed by atoms with Gasteiger partial charge in [0, 0.05) is 17.3 Å². The first-order chi connectivity index (χ1) is 13.2. The molecule has 5 heteroatoms. The van der Waals surface area contributed by atoms with E-state index >= 15 is 0 Å². The zero-order valence-electron chi connectivity index (χ0n) is 15.8. The van der Waals surface area contributed by atoms with E-state index in [1.807, 2.05) is 43.3 Å². The van der Waals surface area contributed by atoms with Gasteiger partial charge in [-0.2, -0.15) is 0 Å². The molecule has 0 saturated heterocycles. The van der Waals surface area contributed by atoms with Gasteiger partial charge in [-0.3, -0.25) is 4.79 Å². The molecule has 0 saturated carbocycles. The molecular weight excluding hydrogens is 342 g/mol. The molecule has 0 aliphatic rings. The third-order valence-electron chi connectivity index (χ3n) is 4.49. The predicted octanol–water partition coefficient (Wildman–Crippen LogP) is 4.56. The van der Waals surface area contributed by atoms with Crippen molar-refractivity contribution in [1.29, 1.82) is 0 Å². The van der Waals surface area contributed by atoms with Gasteiger partial charge >= 0.3 is 5.97 Å². The van der Waals surface area contributed by atoms with Gasteiger partial charge < -0.3 is 13.9 Å². The highest BCUT2D eigenvalue weighted by Gasteiger charge is 2.27. The molecule has 5 nitrogen and oxygen atoms in total. The Morgan fingerprint density at radius 1 is 1.11 bits per heavy atom. The van der Waals surface area contributed by atoms with Crippen LogP contribution in [0.1, 0.15) is 47.2 Å². The highest BCUT2D eigenvalue weighted by atomic mass is 16.5. The zero-order valence-corrected chi connectivity index (χ0v) is 15.8. The normalized spacial score (nSPS) is 10.8. The maximum atomic E-state index is 12.8. The van der Waals surface area contributed by atoms with Gasteiger partial charge in [0.2, 0.25) is 0 Å². The van der Waals surface area contributed by atoms with Crippen LogP contribution < -0.4 is 4.74 Å². The molecule has 0 fully saturated rings. The van der Waals surface area contributed by atoms with Crippen LogP contribution in [-0.2, 0) is 11.2 Å². The van der Waals surface area contributed by atoms with Gasteiger partial charge in [0.15, 0.2) is 6.29 Å². The van der Waals surface area contributed by atoms with Crippen molar-refractivity contribution in [3.05, 3.63) is 59.4 Å². The van der Waals surface area contributed by atoms with E-state index < -0.39 is 5.97 Å². The molecule has 0 unspecified atom stereocenters. The number of benzene rings is 1. The first-order valence-electron chi connectivity index (χ1n) is 9.17. The summed E-state index contributed by atoms with van der Waals surface area (Å²) in [5.74, 6) is 0.188. The fourth-order valence-electron chi connectivity index (χ4n) is 3.31. The lowest BCUT2D eigenvalue weighted by atomic mass is 9.97. The first kappa shape index (κ1) is 18.7. The van der Waals surface area contributed by atoms with Gasteiger partial charge in [-0.05, 0) is 50.1 Å². The number of ether oxygens (including phenoxy) is 2. The molecule has 1 aromatic carbocycles. The van der Waals surface area contributed by atoms with E-state index in [9.17, 15) is 9.59 Å². The smallest absolute Gasteiger partial charge is 0.340 e. The number of hydrogen-bond acceptors (Lipinski definition) is 4. The molecule has 3 rings (SSSR count). The molecule has 27 heavy (non-hydrogen) atoms. The van der Waals surface area contributed by atoms with Crippen LogP contribution in [0, 0.1) is 0 Å². The van der Waals surface area contributed by atoms with Crippen molar-refractivity contribution >= 4 is 17.8 Å². The number of esters is 1. The van der Waals surface area contributed by atoms with Gasteiger partial charge in [0.25, 0.3) is 0 Å². The van der Waals surface area contributed by atoms with Crippen molar-refractivity contribution in [3.63, 3.8) is 0 Å². The predicted molar refractivity (Wildman–Crippen MR) is 105 cm³/mol. The molecule has 0 aliphatic carbocycles. The minimum Gasteiger partial charge on any atom is -0.493 e. The summed E-state index contributed by atoms with van der Waals surface area (Å²) < 4.78 is 12.8. The number of aldehydes is 1. The molecule has 0 amide bonds. The van der Waals surface area contributed by atoms with Crippen LogP contribution in [0.3, 0.4) is 0 Å². The Bertz CT molecular complexity index is 987. The summed E-state index contributed by atoms with van der Waals surface area (Å²) in [5.41, 5.74) is 3.79. The largest absolute Gasteiger partial charge is 0.493 e. The van der Waals surface area contributed by atoms with Crippen molar-refractivity contribution in [2.24, 2.45) is 0 Å². The Morgan fingerprint density at radius 3 is 2.59 bits per heavy atom. The van der Waals surface area contributed by atoms with Crippen LogP contribution >= 0.6 is 0 Å². The Labute approximate surface area is 158 Å². The van der Waals surface area contributed by atoms with Gasteiger partial charge in [0.05, 0.1) is 30.0 Å². The zero-order chi connectivity index (χ0) is 19.4. The lowest BCUT2D eigenvalue weighted by Gasteiger charge is -2.13. The number of hydrogen-bond donors (Lipinski definition) is 0. The molecule has 0 bridgehead atoms. The van der Waals surface area contributed by atoms with Crippen LogP contribution in [0.2, 0.25) is 0 Å². The third-order valence-corrected chi connectivity index (χ3v) is 4.49. The molecule has 0 aliphatic heterocycles. The van der Waals surface area contributed by atoms with E-state index in [0.717, 1.165) is 23.8 Å². The Kier molecular flexibility index (Phi) is 5.60. The highest BCUT2D eigenvalue weighted by molar-refractivity contribution is 6.09. The molecule has 2 aromatic heterocycles. The first-order valence-corrected chi connectivity index (χ1v) is 9.17. The Morgan fingerprint density at radius 2 is 1.93 bits per heavy atom. The van der Waals surface area contributed by atoms with Crippen molar-refractivity contribution in [2.45, 2.75) is 27.2 Å². The average molecular weight is 365 g/mol. The standard InChI is InChI=1S/C22H23NO4/c1-4-15-10-11-19(26-5-2)16(13-15)20-18(14-24)23-12-8-7-9-17(23)21(20)22(25)27-6-3/h7-14H,4-6H2,1-3H3. The van der Waals surface area contributed by atoms with Crippen LogP contribution in [0.15, 0.2) is 42.6 Å². The molecule has 3 aromatic rings. The van der Waals surface area contributed by atoms with Crippen molar-refractivity contribution in [2.75, 3.05) is 13.2 Å². The summed E-state index contributed by atoms with van der Waals surface area (Å²) in [5, 5.41) is 0. The van der Waals surface area contributed by atoms with Crippen molar-refractivity contribution < 1.29 is 19.1 Å². The second kappa shape index (κ2) is 8.08. The number of carbonyl (C=O) groups excluding carboxylic acids is 2. The Hall–Kier alpha value is -3.08. The summed E-state index contributed by atoms with van der Waals surface area (Å²) in [6, 6.07) is 11.3. The van der Waals surface area contributed by atoms with Gasteiger partial charge in [-0.1, -0.05) is 19.1 Å². The van der Waals surface area contributed by atoms with E-state index in [1.54, 1.807) is 17.5 Å². The molecule has 140 valence electrons. The molecule has 0 atom stereocenters. The monoisotopic (exact) mass is 365 g/mol. The van der Waals surface area contributed by atoms with Crippen LogP contribution in [0.4, 0.5) is 0 Å². The molecule has 0 radical (unpaired) electrons. The second-order valence-corrected chi connectivity index (χ2v) is 6.05. The van der Waals surface area contributed by atoms with Gasteiger partial charge in [-0.25, -0.2) is 4.79 Å². The number of pyridine rings is 1. The topological polar surface area (TPSA) is 57.0 Å². The minimum absolute atomic E-state index is 0.256. The average Bonchev–Trinajstić information content (AvgIpc) is 3.03. The van der Waals surface area contributed by atoms with E-state index in [1.165, 1.54) is 0 Å². The second-order valence-electron chi connectivity index (χ2n) is 6.05. The number of rotatable bonds is 7. The van der Waals surface area contributed by atoms with Gasteiger partial charge in [-0.15, -0.1) is 0 Å². The summed E-state index contributed by atoms with van der Waals surface area (Å²) in [4.78, 5) is 24.8. The number of aryl methyl sites for hydroxylation is 1. The fraction of sp³-hybridized carbons (Fsp3) is 0.273. The van der Waals surface area contributed by atoms with E-state index in [0.29, 0.717) is 34.7 Å². The summed E-state index contributed by atoms with van der Waals surface area (Å²) in [6.07, 6.45) is 3.38. The maximum absolute atomic E-state index is 12.8. The van der Waals surface area contributed by atoms with Crippen molar-refractivity contribution in [3.8, 4) is 16.9 Å².